The van der Waals surface area contributed by atoms with E-state index < -0.39 is 5.97 Å². The van der Waals surface area contributed by atoms with Gasteiger partial charge in [0, 0.05) is 52.0 Å². The maximum atomic E-state index is 13.3. The molecule has 0 aliphatic heterocycles. The molecule has 0 saturated carbocycles. The van der Waals surface area contributed by atoms with Gasteiger partial charge in [0.25, 0.3) is 0 Å². The van der Waals surface area contributed by atoms with E-state index in [-0.39, 0.29) is 5.78 Å². The molecule has 5 heteroatoms. The third kappa shape index (κ3) is 4.51. The summed E-state index contributed by atoms with van der Waals surface area (Å²) in [7, 11) is 0. The number of fused-ring (bicyclic) bond motifs is 3. The SMILES string of the molecule is CCCC/C(=N\OC(C)=O)c1ccc2c(c1)c1cc(C(=O)c3ccccc3C)ccc1n2CC. The molecule has 0 aliphatic carbocycles. The molecule has 0 saturated heterocycles. The first-order chi connectivity index (χ1) is 16.4. The van der Waals surface area contributed by atoms with Gasteiger partial charge in [0.05, 0.1) is 5.71 Å². The molecule has 1 heterocycles. The van der Waals surface area contributed by atoms with Crippen LogP contribution in [0.25, 0.3) is 21.8 Å². The average molecular weight is 455 g/mol. The predicted octanol–water partition coefficient (Wildman–Crippen LogP) is 6.81. The van der Waals surface area contributed by atoms with Crippen molar-refractivity contribution in [3.63, 3.8) is 0 Å². The van der Waals surface area contributed by atoms with Gasteiger partial charge in [-0.15, -0.1) is 0 Å². The van der Waals surface area contributed by atoms with Crippen molar-refractivity contribution >= 4 is 39.3 Å². The first kappa shape index (κ1) is 23.4. The zero-order valence-corrected chi connectivity index (χ0v) is 20.2. The number of unbranched alkanes of at least 4 members (excludes halogenated alkanes) is 1. The number of carbonyl (C=O) groups excluding carboxylic acids is 2. The van der Waals surface area contributed by atoms with Gasteiger partial charge < -0.3 is 9.40 Å². The molecule has 0 spiro atoms. The molecule has 0 fully saturated rings. The van der Waals surface area contributed by atoms with Crippen LogP contribution >= 0.6 is 0 Å². The Bertz CT molecular complexity index is 1410. The third-order valence-corrected chi connectivity index (χ3v) is 6.22. The Morgan fingerprint density at radius 1 is 0.912 bits per heavy atom. The Kier molecular flexibility index (Phi) is 6.92. The summed E-state index contributed by atoms with van der Waals surface area (Å²) in [6, 6.07) is 19.8. The van der Waals surface area contributed by atoms with Gasteiger partial charge in [-0.05, 0) is 62.6 Å². The molecule has 0 amide bonds. The second-order valence-electron chi connectivity index (χ2n) is 8.58. The molecule has 5 nitrogen and oxygen atoms in total. The Morgan fingerprint density at radius 2 is 1.56 bits per heavy atom. The summed E-state index contributed by atoms with van der Waals surface area (Å²) in [6.45, 7) is 8.37. The summed E-state index contributed by atoms with van der Waals surface area (Å²) in [6.07, 6.45) is 2.68. The molecule has 4 aromatic rings. The maximum Gasteiger partial charge on any atom is 0.331 e. The molecule has 174 valence electrons. The monoisotopic (exact) mass is 454 g/mol. The number of rotatable bonds is 8. The highest BCUT2D eigenvalue weighted by Crippen LogP contribution is 2.32. The summed E-state index contributed by atoms with van der Waals surface area (Å²) in [5.41, 5.74) is 6.22. The number of benzene rings is 3. The normalized spacial score (nSPS) is 11.8. The fourth-order valence-corrected chi connectivity index (χ4v) is 4.45. The number of ketones is 1. The number of carbonyl (C=O) groups is 2. The minimum absolute atomic E-state index is 0.0219. The smallest absolute Gasteiger partial charge is 0.331 e. The van der Waals surface area contributed by atoms with Crippen molar-refractivity contribution in [1.82, 2.24) is 4.57 Å². The summed E-state index contributed by atoms with van der Waals surface area (Å²) < 4.78 is 2.26. The summed E-state index contributed by atoms with van der Waals surface area (Å²) in [5.74, 6) is -0.411. The number of nitrogens with zero attached hydrogens (tertiary/aromatic N) is 2. The van der Waals surface area contributed by atoms with Crippen LogP contribution in [0.3, 0.4) is 0 Å². The van der Waals surface area contributed by atoms with Gasteiger partial charge in [-0.1, -0.05) is 48.8 Å². The van der Waals surface area contributed by atoms with Crippen LogP contribution in [0.4, 0.5) is 0 Å². The van der Waals surface area contributed by atoms with E-state index in [4.69, 9.17) is 4.84 Å². The van der Waals surface area contributed by atoms with Crippen LogP contribution in [0.5, 0.6) is 0 Å². The largest absolute Gasteiger partial charge is 0.341 e. The second-order valence-corrected chi connectivity index (χ2v) is 8.58. The van der Waals surface area contributed by atoms with Gasteiger partial charge in [0.1, 0.15) is 0 Å². The van der Waals surface area contributed by atoms with Crippen molar-refractivity contribution < 1.29 is 14.4 Å². The standard InChI is InChI=1S/C29H30N2O3/c1-5-7-12-26(30-34-20(4)32)21-13-15-27-24(17-21)25-18-22(14-16-28(25)31(27)6-2)29(33)23-11-9-8-10-19(23)3/h8-11,13-18H,5-7,12H2,1-4H3/b30-26+. The van der Waals surface area contributed by atoms with Crippen molar-refractivity contribution in [1.29, 1.82) is 0 Å². The minimum Gasteiger partial charge on any atom is -0.341 e. The Labute approximate surface area is 200 Å². The molecule has 34 heavy (non-hydrogen) atoms. The predicted molar refractivity (Wildman–Crippen MR) is 138 cm³/mol. The van der Waals surface area contributed by atoms with Gasteiger partial charge in [-0.2, -0.15) is 0 Å². The topological polar surface area (TPSA) is 60.7 Å². The van der Waals surface area contributed by atoms with Gasteiger partial charge in [-0.25, -0.2) is 4.79 Å². The summed E-state index contributed by atoms with van der Waals surface area (Å²) in [5, 5.41) is 6.23. The van der Waals surface area contributed by atoms with Crippen LogP contribution < -0.4 is 0 Å². The number of aryl methyl sites for hydroxylation is 2. The zero-order chi connectivity index (χ0) is 24.2. The van der Waals surface area contributed by atoms with Gasteiger partial charge >= 0.3 is 5.97 Å². The molecule has 0 unspecified atom stereocenters. The fourth-order valence-electron chi connectivity index (χ4n) is 4.45. The van der Waals surface area contributed by atoms with E-state index >= 15 is 0 Å². The second kappa shape index (κ2) is 10.0. The molecule has 1 aromatic heterocycles. The van der Waals surface area contributed by atoms with E-state index in [9.17, 15) is 9.59 Å². The van der Waals surface area contributed by atoms with Crippen LogP contribution in [0, 0.1) is 6.92 Å². The molecular formula is C29H30N2O3. The van der Waals surface area contributed by atoms with Crippen LogP contribution in [-0.4, -0.2) is 22.0 Å². The fraction of sp³-hybridized carbons (Fsp3) is 0.276. The lowest BCUT2D eigenvalue weighted by atomic mass is 9.97. The van der Waals surface area contributed by atoms with Crippen molar-refractivity contribution in [3.05, 3.63) is 82.9 Å². The van der Waals surface area contributed by atoms with Crippen molar-refractivity contribution in [2.24, 2.45) is 5.16 Å². The molecule has 4 rings (SSSR count). The highest BCUT2D eigenvalue weighted by molar-refractivity contribution is 6.16. The molecule has 0 N–H and O–H groups in total. The summed E-state index contributed by atoms with van der Waals surface area (Å²) >= 11 is 0. The number of aromatic nitrogens is 1. The van der Waals surface area contributed by atoms with Gasteiger partial charge in [0.2, 0.25) is 0 Å². The highest BCUT2D eigenvalue weighted by atomic mass is 16.7. The molecule has 3 aromatic carbocycles. The first-order valence-corrected chi connectivity index (χ1v) is 11.9. The lowest BCUT2D eigenvalue weighted by molar-refractivity contribution is -0.140. The van der Waals surface area contributed by atoms with Crippen LogP contribution in [0.2, 0.25) is 0 Å². The number of hydrogen-bond acceptors (Lipinski definition) is 4. The minimum atomic E-state index is -0.433. The Balaban J connectivity index is 1.87. The third-order valence-electron chi connectivity index (χ3n) is 6.22. The molecule has 0 atom stereocenters. The molecular weight excluding hydrogens is 424 g/mol. The molecule has 0 bridgehead atoms. The lowest BCUT2D eigenvalue weighted by Gasteiger charge is -2.07. The van der Waals surface area contributed by atoms with Crippen LogP contribution in [-0.2, 0) is 16.2 Å². The van der Waals surface area contributed by atoms with Gasteiger partial charge in [-0.3, -0.25) is 4.79 Å². The van der Waals surface area contributed by atoms with Gasteiger partial charge in [0.15, 0.2) is 5.78 Å². The van der Waals surface area contributed by atoms with Crippen LogP contribution in [0.15, 0.2) is 65.8 Å². The van der Waals surface area contributed by atoms with E-state index in [0.717, 1.165) is 70.0 Å². The average Bonchev–Trinajstić information content (AvgIpc) is 3.16. The summed E-state index contributed by atoms with van der Waals surface area (Å²) in [4.78, 5) is 29.6. The van der Waals surface area contributed by atoms with E-state index in [0.29, 0.717) is 5.56 Å². The van der Waals surface area contributed by atoms with Crippen LogP contribution in [0.1, 0.15) is 67.1 Å². The zero-order valence-electron chi connectivity index (χ0n) is 20.2. The Morgan fingerprint density at radius 3 is 2.18 bits per heavy atom. The molecule has 0 aliphatic rings. The van der Waals surface area contributed by atoms with E-state index in [2.05, 4.69) is 35.7 Å². The lowest BCUT2D eigenvalue weighted by Crippen LogP contribution is -2.04. The van der Waals surface area contributed by atoms with Crippen molar-refractivity contribution in [2.45, 2.75) is 53.5 Å². The van der Waals surface area contributed by atoms with E-state index in [1.807, 2.05) is 55.5 Å². The van der Waals surface area contributed by atoms with Crippen molar-refractivity contribution in [2.75, 3.05) is 0 Å². The first-order valence-electron chi connectivity index (χ1n) is 11.9. The highest BCUT2D eigenvalue weighted by Gasteiger charge is 2.17. The van der Waals surface area contributed by atoms with E-state index in [1.165, 1.54) is 6.92 Å². The quantitative estimate of drug-likeness (QED) is 0.127. The Hall–Kier alpha value is -3.73. The number of oxime groups is 1. The van der Waals surface area contributed by atoms with Crippen molar-refractivity contribution in [3.8, 4) is 0 Å². The van der Waals surface area contributed by atoms with E-state index in [1.54, 1.807) is 0 Å². The number of hydrogen-bond donors (Lipinski definition) is 0. The molecule has 0 radical (unpaired) electrons. The maximum absolute atomic E-state index is 13.3.